The van der Waals surface area contributed by atoms with Crippen molar-refractivity contribution >= 4 is 35.1 Å². The minimum atomic E-state index is 0. The first-order chi connectivity index (χ1) is 9.25. The lowest BCUT2D eigenvalue weighted by Gasteiger charge is -2.32. The summed E-state index contributed by atoms with van der Waals surface area (Å²) < 4.78 is 0. The lowest BCUT2D eigenvalue weighted by atomic mass is 10.1. The van der Waals surface area contributed by atoms with Crippen LogP contribution in [0.15, 0.2) is 24.3 Å². The Morgan fingerprint density at radius 1 is 1.15 bits per heavy atom. The lowest BCUT2D eigenvalue weighted by molar-refractivity contribution is 0.442. The highest BCUT2D eigenvalue weighted by atomic mass is 35.5. The third kappa shape index (κ3) is 2.78. The van der Waals surface area contributed by atoms with Gasteiger partial charge < -0.3 is 16.0 Å². The van der Waals surface area contributed by atoms with Gasteiger partial charge in [-0.2, -0.15) is 0 Å². The molecule has 0 atom stereocenters. The molecular weight excluding hydrogens is 274 g/mol. The number of fused-ring (bicyclic) bond motifs is 1. The normalized spacial score (nSPS) is 15.8. The molecule has 0 aliphatic carbocycles. The summed E-state index contributed by atoms with van der Waals surface area (Å²) in [6.45, 7) is 2.10. The van der Waals surface area contributed by atoms with E-state index >= 15 is 0 Å². The zero-order chi connectivity index (χ0) is 13.2. The van der Waals surface area contributed by atoms with E-state index in [1.807, 2.05) is 24.3 Å². The SMILES string of the molecule is CN(c1nc2ccccc2nc1N)C1CCNCC1.Cl. The van der Waals surface area contributed by atoms with Crippen LogP contribution < -0.4 is 16.0 Å². The first-order valence-electron chi connectivity index (χ1n) is 6.71. The Morgan fingerprint density at radius 2 is 1.75 bits per heavy atom. The summed E-state index contributed by atoms with van der Waals surface area (Å²) in [4.78, 5) is 11.3. The number of anilines is 2. The number of para-hydroxylation sites is 2. The highest BCUT2D eigenvalue weighted by Crippen LogP contribution is 2.25. The minimum Gasteiger partial charge on any atom is -0.381 e. The van der Waals surface area contributed by atoms with Crippen LogP contribution in [-0.4, -0.2) is 36.1 Å². The molecule has 0 unspecified atom stereocenters. The smallest absolute Gasteiger partial charge is 0.172 e. The molecule has 1 aromatic carbocycles. The molecule has 1 aliphatic heterocycles. The lowest BCUT2D eigenvalue weighted by Crippen LogP contribution is -2.41. The molecule has 0 spiro atoms. The molecule has 0 amide bonds. The Labute approximate surface area is 125 Å². The fraction of sp³-hybridized carbons (Fsp3) is 0.429. The Kier molecular flexibility index (Phi) is 4.62. The number of hydrogen-bond acceptors (Lipinski definition) is 5. The number of rotatable bonds is 2. The molecule has 0 bridgehead atoms. The van der Waals surface area contributed by atoms with Crippen LogP contribution in [0.4, 0.5) is 11.6 Å². The summed E-state index contributed by atoms with van der Waals surface area (Å²) in [6.07, 6.45) is 2.23. The van der Waals surface area contributed by atoms with Gasteiger partial charge in [-0.15, -0.1) is 12.4 Å². The first kappa shape index (κ1) is 14.8. The van der Waals surface area contributed by atoms with E-state index < -0.39 is 0 Å². The molecule has 2 heterocycles. The highest BCUT2D eigenvalue weighted by molar-refractivity contribution is 5.85. The van der Waals surface area contributed by atoms with Gasteiger partial charge in [-0.1, -0.05) is 12.1 Å². The highest BCUT2D eigenvalue weighted by Gasteiger charge is 2.21. The number of hydrogen-bond donors (Lipinski definition) is 2. The molecule has 108 valence electrons. The summed E-state index contributed by atoms with van der Waals surface area (Å²) in [6, 6.07) is 8.32. The van der Waals surface area contributed by atoms with Crippen LogP contribution in [0.25, 0.3) is 11.0 Å². The van der Waals surface area contributed by atoms with Gasteiger partial charge in [0.15, 0.2) is 11.6 Å². The van der Waals surface area contributed by atoms with Crippen molar-refractivity contribution in [3.05, 3.63) is 24.3 Å². The van der Waals surface area contributed by atoms with E-state index in [0.717, 1.165) is 42.8 Å². The Hall–Kier alpha value is -1.59. The zero-order valence-corrected chi connectivity index (χ0v) is 12.4. The van der Waals surface area contributed by atoms with E-state index in [1.165, 1.54) is 0 Å². The molecule has 1 aliphatic rings. The molecule has 1 aromatic heterocycles. The van der Waals surface area contributed by atoms with Gasteiger partial charge in [0, 0.05) is 13.1 Å². The Balaban J connectivity index is 0.00000147. The number of halogens is 1. The third-order valence-corrected chi connectivity index (χ3v) is 3.77. The summed E-state index contributed by atoms with van der Waals surface area (Å²) in [5, 5.41) is 3.37. The number of nitrogen functional groups attached to an aromatic ring is 1. The number of nitrogens with one attached hydrogen (secondary N) is 1. The van der Waals surface area contributed by atoms with Crippen molar-refractivity contribution < 1.29 is 0 Å². The number of nitrogens with zero attached hydrogens (tertiary/aromatic N) is 3. The summed E-state index contributed by atoms with van der Waals surface area (Å²) >= 11 is 0. The Morgan fingerprint density at radius 3 is 2.40 bits per heavy atom. The fourth-order valence-electron chi connectivity index (χ4n) is 2.63. The standard InChI is InChI=1S/C14H19N5.ClH/c1-19(10-6-8-16-9-7-10)14-13(15)17-11-4-2-3-5-12(11)18-14;/h2-5,10,16H,6-9H2,1H3,(H2,15,17);1H. The molecule has 1 saturated heterocycles. The van der Waals surface area contributed by atoms with Gasteiger partial charge in [0.1, 0.15) is 0 Å². The van der Waals surface area contributed by atoms with E-state index in [0.29, 0.717) is 11.9 Å². The van der Waals surface area contributed by atoms with Crippen molar-refractivity contribution in [3.63, 3.8) is 0 Å². The topological polar surface area (TPSA) is 67.1 Å². The maximum absolute atomic E-state index is 6.06. The van der Waals surface area contributed by atoms with Gasteiger partial charge in [-0.25, -0.2) is 9.97 Å². The summed E-state index contributed by atoms with van der Waals surface area (Å²) in [5.74, 6) is 1.31. The maximum atomic E-state index is 6.06. The van der Waals surface area contributed by atoms with Crippen molar-refractivity contribution in [3.8, 4) is 0 Å². The molecule has 3 N–H and O–H groups in total. The minimum absolute atomic E-state index is 0. The van der Waals surface area contributed by atoms with Gasteiger partial charge in [0.05, 0.1) is 11.0 Å². The maximum Gasteiger partial charge on any atom is 0.172 e. The van der Waals surface area contributed by atoms with Crippen LogP contribution in [0, 0.1) is 0 Å². The second kappa shape index (κ2) is 6.24. The average Bonchev–Trinajstić information content (AvgIpc) is 2.47. The van der Waals surface area contributed by atoms with Crippen LogP contribution in [0.5, 0.6) is 0 Å². The molecular formula is C14H20ClN5. The van der Waals surface area contributed by atoms with Gasteiger partial charge in [-0.05, 0) is 38.1 Å². The third-order valence-electron chi connectivity index (χ3n) is 3.77. The Bertz CT molecular complexity index is 583. The van der Waals surface area contributed by atoms with Crippen LogP contribution in [0.3, 0.4) is 0 Å². The number of piperidine rings is 1. The van der Waals surface area contributed by atoms with Crippen molar-refractivity contribution in [2.75, 3.05) is 30.8 Å². The van der Waals surface area contributed by atoms with Crippen molar-refractivity contribution in [2.45, 2.75) is 18.9 Å². The summed E-state index contributed by atoms with van der Waals surface area (Å²) in [5.41, 5.74) is 7.81. The van der Waals surface area contributed by atoms with Crippen LogP contribution >= 0.6 is 12.4 Å². The van der Waals surface area contributed by atoms with E-state index in [4.69, 9.17) is 5.73 Å². The molecule has 2 aromatic rings. The predicted molar refractivity (Wildman–Crippen MR) is 85.5 cm³/mol. The number of benzene rings is 1. The van der Waals surface area contributed by atoms with E-state index in [9.17, 15) is 0 Å². The van der Waals surface area contributed by atoms with Crippen molar-refractivity contribution in [1.29, 1.82) is 0 Å². The molecule has 3 rings (SSSR count). The quantitative estimate of drug-likeness (QED) is 0.884. The largest absolute Gasteiger partial charge is 0.381 e. The second-order valence-corrected chi connectivity index (χ2v) is 5.01. The number of nitrogens with two attached hydrogens (primary N) is 1. The average molecular weight is 294 g/mol. The van der Waals surface area contributed by atoms with Crippen LogP contribution in [-0.2, 0) is 0 Å². The van der Waals surface area contributed by atoms with Gasteiger partial charge >= 0.3 is 0 Å². The molecule has 20 heavy (non-hydrogen) atoms. The van der Waals surface area contributed by atoms with Gasteiger partial charge in [0.2, 0.25) is 0 Å². The van der Waals surface area contributed by atoms with E-state index in [-0.39, 0.29) is 12.4 Å². The van der Waals surface area contributed by atoms with Crippen molar-refractivity contribution in [2.24, 2.45) is 0 Å². The predicted octanol–water partition coefficient (Wildman–Crippen LogP) is 1.82. The van der Waals surface area contributed by atoms with Gasteiger partial charge in [-0.3, -0.25) is 0 Å². The molecule has 6 heteroatoms. The van der Waals surface area contributed by atoms with Crippen molar-refractivity contribution in [1.82, 2.24) is 15.3 Å². The monoisotopic (exact) mass is 293 g/mol. The van der Waals surface area contributed by atoms with E-state index in [2.05, 4.69) is 27.2 Å². The second-order valence-electron chi connectivity index (χ2n) is 5.01. The van der Waals surface area contributed by atoms with Crippen LogP contribution in [0.1, 0.15) is 12.8 Å². The van der Waals surface area contributed by atoms with E-state index in [1.54, 1.807) is 0 Å². The first-order valence-corrected chi connectivity index (χ1v) is 6.71. The zero-order valence-electron chi connectivity index (χ0n) is 11.5. The fourth-order valence-corrected chi connectivity index (χ4v) is 2.63. The molecule has 0 saturated carbocycles. The summed E-state index contributed by atoms with van der Waals surface area (Å²) in [7, 11) is 2.06. The number of aromatic nitrogens is 2. The molecule has 0 radical (unpaired) electrons. The molecule has 1 fully saturated rings. The van der Waals surface area contributed by atoms with Gasteiger partial charge in [0.25, 0.3) is 0 Å². The molecule has 5 nitrogen and oxygen atoms in total. The van der Waals surface area contributed by atoms with Crippen LogP contribution in [0.2, 0.25) is 0 Å².